The zero-order chi connectivity index (χ0) is 14.5. The Bertz CT molecular complexity index is 421. The lowest BCUT2D eigenvalue weighted by molar-refractivity contribution is 0.109. The van der Waals surface area contributed by atoms with Gasteiger partial charge in [-0.1, -0.05) is 31.2 Å². The highest BCUT2D eigenvalue weighted by Crippen LogP contribution is 2.20. The Hall–Kier alpha value is -0.900. The van der Waals surface area contributed by atoms with E-state index >= 15 is 0 Å². The van der Waals surface area contributed by atoms with Crippen LogP contribution in [0.1, 0.15) is 37.0 Å². The van der Waals surface area contributed by atoms with Crippen LogP contribution in [0.5, 0.6) is 0 Å². The minimum Gasteiger partial charge on any atom is -0.387 e. The van der Waals surface area contributed by atoms with Crippen LogP contribution in [-0.4, -0.2) is 54.2 Å². The first-order valence-corrected chi connectivity index (χ1v) is 7.78. The molecule has 1 heterocycles. The van der Waals surface area contributed by atoms with E-state index in [2.05, 4.69) is 36.8 Å². The summed E-state index contributed by atoms with van der Waals surface area (Å²) in [7, 11) is 2.12. The number of benzene rings is 1. The summed E-state index contributed by atoms with van der Waals surface area (Å²) in [5, 5.41) is 10.4. The van der Waals surface area contributed by atoms with Gasteiger partial charge in [-0.2, -0.15) is 0 Å². The van der Waals surface area contributed by atoms with Crippen LogP contribution < -0.4 is 0 Å². The van der Waals surface area contributed by atoms with Crippen molar-refractivity contribution in [2.75, 3.05) is 33.2 Å². The number of likely N-dealkylation sites (N-methyl/N-ethyl adjacent to an activating group) is 2. The lowest BCUT2D eigenvalue weighted by Gasteiger charge is -2.29. The van der Waals surface area contributed by atoms with Gasteiger partial charge in [0.2, 0.25) is 0 Å². The van der Waals surface area contributed by atoms with Gasteiger partial charge in [-0.25, -0.2) is 0 Å². The number of likely N-dealkylation sites (tertiary alicyclic amines) is 1. The molecule has 1 saturated heterocycles. The number of aryl methyl sites for hydroxylation is 1. The standard InChI is InChI=1S/C17H28N2O/c1-4-19-11-7-9-15(19)12-18(3)13-17(20)16-10-6-5-8-14(16)2/h5-6,8,10,15,17,20H,4,7,9,11-13H2,1-3H3. The van der Waals surface area contributed by atoms with Crippen LogP contribution in [0.3, 0.4) is 0 Å². The molecule has 0 spiro atoms. The van der Waals surface area contributed by atoms with Crippen LogP contribution in [0, 0.1) is 6.92 Å². The third-order valence-electron chi connectivity index (χ3n) is 4.46. The molecule has 1 aliphatic heterocycles. The van der Waals surface area contributed by atoms with Crippen LogP contribution in [0.15, 0.2) is 24.3 Å². The Labute approximate surface area is 123 Å². The normalized spacial score (nSPS) is 21.6. The smallest absolute Gasteiger partial charge is 0.0919 e. The molecular weight excluding hydrogens is 248 g/mol. The van der Waals surface area contributed by atoms with Gasteiger partial charge in [0.15, 0.2) is 0 Å². The zero-order valence-corrected chi connectivity index (χ0v) is 13.0. The second kappa shape index (κ2) is 7.21. The third kappa shape index (κ3) is 3.81. The molecule has 0 aromatic heterocycles. The van der Waals surface area contributed by atoms with Gasteiger partial charge in [-0.15, -0.1) is 0 Å². The van der Waals surface area contributed by atoms with Crippen molar-refractivity contribution in [1.29, 1.82) is 0 Å². The first-order chi connectivity index (χ1) is 9.61. The highest BCUT2D eigenvalue weighted by Gasteiger charge is 2.24. The van der Waals surface area contributed by atoms with Crippen LogP contribution in [0.4, 0.5) is 0 Å². The molecule has 1 aliphatic rings. The Morgan fingerprint density at radius 3 is 2.85 bits per heavy atom. The molecular formula is C17H28N2O. The van der Waals surface area contributed by atoms with Crippen molar-refractivity contribution in [1.82, 2.24) is 9.80 Å². The average Bonchev–Trinajstić information content (AvgIpc) is 2.86. The summed E-state index contributed by atoms with van der Waals surface area (Å²) in [5.41, 5.74) is 2.22. The van der Waals surface area contributed by atoms with Gasteiger partial charge in [-0.05, 0) is 51.0 Å². The van der Waals surface area contributed by atoms with Crippen LogP contribution in [0.25, 0.3) is 0 Å². The number of aliphatic hydroxyl groups excluding tert-OH is 1. The first kappa shape index (κ1) is 15.5. The summed E-state index contributed by atoms with van der Waals surface area (Å²) in [6, 6.07) is 8.78. The molecule has 112 valence electrons. The molecule has 1 aromatic rings. The summed E-state index contributed by atoms with van der Waals surface area (Å²) in [6.45, 7) is 8.43. The fraction of sp³-hybridized carbons (Fsp3) is 0.647. The monoisotopic (exact) mass is 276 g/mol. The summed E-state index contributed by atoms with van der Waals surface area (Å²) < 4.78 is 0. The topological polar surface area (TPSA) is 26.7 Å². The maximum absolute atomic E-state index is 10.4. The van der Waals surface area contributed by atoms with Crippen molar-refractivity contribution >= 4 is 0 Å². The molecule has 3 heteroatoms. The van der Waals surface area contributed by atoms with E-state index in [0.29, 0.717) is 12.6 Å². The number of aliphatic hydroxyl groups is 1. The number of nitrogens with zero attached hydrogens (tertiary/aromatic N) is 2. The van der Waals surface area contributed by atoms with Crippen molar-refractivity contribution in [2.45, 2.75) is 38.8 Å². The van der Waals surface area contributed by atoms with E-state index in [-0.39, 0.29) is 0 Å². The summed E-state index contributed by atoms with van der Waals surface area (Å²) in [6.07, 6.45) is 2.21. The van der Waals surface area contributed by atoms with Crippen molar-refractivity contribution < 1.29 is 5.11 Å². The van der Waals surface area contributed by atoms with E-state index in [1.807, 2.05) is 18.2 Å². The molecule has 1 aromatic carbocycles. The Kier molecular flexibility index (Phi) is 5.58. The van der Waals surface area contributed by atoms with E-state index in [4.69, 9.17) is 0 Å². The van der Waals surface area contributed by atoms with Gasteiger partial charge in [0, 0.05) is 19.1 Å². The molecule has 1 N–H and O–H groups in total. The molecule has 0 amide bonds. The van der Waals surface area contributed by atoms with Crippen LogP contribution >= 0.6 is 0 Å². The number of hydrogen-bond acceptors (Lipinski definition) is 3. The second-order valence-corrected chi connectivity index (χ2v) is 6.02. The SMILES string of the molecule is CCN1CCCC1CN(C)CC(O)c1ccccc1C. The van der Waals surface area contributed by atoms with Crippen LogP contribution in [-0.2, 0) is 0 Å². The molecule has 0 saturated carbocycles. The van der Waals surface area contributed by atoms with E-state index in [1.165, 1.54) is 24.9 Å². The number of rotatable bonds is 6. The largest absolute Gasteiger partial charge is 0.387 e. The molecule has 0 radical (unpaired) electrons. The Morgan fingerprint density at radius 1 is 1.40 bits per heavy atom. The molecule has 20 heavy (non-hydrogen) atoms. The Morgan fingerprint density at radius 2 is 2.15 bits per heavy atom. The van der Waals surface area contributed by atoms with E-state index in [0.717, 1.165) is 18.7 Å². The first-order valence-electron chi connectivity index (χ1n) is 7.78. The molecule has 2 rings (SSSR count). The maximum Gasteiger partial charge on any atom is 0.0919 e. The quantitative estimate of drug-likeness (QED) is 0.864. The fourth-order valence-electron chi connectivity index (χ4n) is 3.31. The lowest BCUT2D eigenvalue weighted by atomic mass is 10.0. The van der Waals surface area contributed by atoms with Crippen molar-refractivity contribution in [3.63, 3.8) is 0 Å². The second-order valence-electron chi connectivity index (χ2n) is 6.02. The maximum atomic E-state index is 10.4. The summed E-state index contributed by atoms with van der Waals surface area (Å²) in [4.78, 5) is 4.83. The number of hydrogen-bond donors (Lipinski definition) is 1. The van der Waals surface area contributed by atoms with Gasteiger partial charge in [0.05, 0.1) is 6.10 Å². The summed E-state index contributed by atoms with van der Waals surface area (Å²) in [5.74, 6) is 0. The fourth-order valence-corrected chi connectivity index (χ4v) is 3.31. The van der Waals surface area contributed by atoms with E-state index < -0.39 is 6.10 Å². The molecule has 0 aliphatic carbocycles. The third-order valence-corrected chi connectivity index (χ3v) is 4.46. The predicted molar refractivity (Wildman–Crippen MR) is 83.9 cm³/mol. The van der Waals surface area contributed by atoms with Crippen LogP contribution in [0.2, 0.25) is 0 Å². The zero-order valence-electron chi connectivity index (χ0n) is 13.0. The molecule has 0 bridgehead atoms. The van der Waals surface area contributed by atoms with Crippen molar-refractivity contribution in [3.8, 4) is 0 Å². The molecule has 3 nitrogen and oxygen atoms in total. The van der Waals surface area contributed by atoms with Gasteiger partial charge >= 0.3 is 0 Å². The molecule has 2 unspecified atom stereocenters. The minimum absolute atomic E-state index is 0.391. The molecule has 2 atom stereocenters. The predicted octanol–water partition coefficient (Wildman–Crippen LogP) is 2.44. The van der Waals surface area contributed by atoms with Gasteiger partial charge in [0.1, 0.15) is 0 Å². The highest BCUT2D eigenvalue weighted by atomic mass is 16.3. The minimum atomic E-state index is -0.391. The van der Waals surface area contributed by atoms with Crippen molar-refractivity contribution in [2.24, 2.45) is 0 Å². The average molecular weight is 276 g/mol. The van der Waals surface area contributed by atoms with Gasteiger partial charge < -0.3 is 10.0 Å². The highest BCUT2D eigenvalue weighted by molar-refractivity contribution is 5.27. The van der Waals surface area contributed by atoms with E-state index in [1.54, 1.807) is 0 Å². The van der Waals surface area contributed by atoms with Gasteiger partial charge in [-0.3, -0.25) is 4.90 Å². The lowest BCUT2D eigenvalue weighted by Crippen LogP contribution is -2.40. The summed E-state index contributed by atoms with van der Waals surface area (Å²) >= 11 is 0. The van der Waals surface area contributed by atoms with Crippen molar-refractivity contribution in [3.05, 3.63) is 35.4 Å². The molecule has 1 fully saturated rings. The van der Waals surface area contributed by atoms with E-state index in [9.17, 15) is 5.11 Å². The van der Waals surface area contributed by atoms with Gasteiger partial charge in [0.25, 0.3) is 0 Å². The Balaban J connectivity index is 1.88.